The summed E-state index contributed by atoms with van der Waals surface area (Å²) >= 11 is 1.73. The van der Waals surface area contributed by atoms with Crippen molar-refractivity contribution in [2.45, 2.75) is 158 Å². The zero-order chi connectivity index (χ0) is 33.7. The molecule has 0 aliphatic heterocycles. The fourth-order valence-electron chi connectivity index (χ4n) is 3.07. The first-order chi connectivity index (χ1) is 20.4. The molecule has 0 saturated heterocycles. The Labute approximate surface area is 269 Å². The highest BCUT2D eigenvalue weighted by Gasteiger charge is 2.12. The molecule has 1 N–H and O–H groups in total. The molecule has 0 unspecified atom stereocenters. The molecule has 0 atom stereocenters. The lowest BCUT2D eigenvalue weighted by Gasteiger charge is -1.98. The van der Waals surface area contributed by atoms with Crippen molar-refractivity contribution in [3.8, 4) is 0 Å². The van der Waals surface area contributed by atoms with E-state index in [2.05, 4.69) is 124 Å². The SMILES string of the molecule is CC(C)c1cnc(C(C)C)o1.CC(C)c1n[nH]c(C(C)C)n1.CC(C)c1nnc(C(C)C)o1.CC(C)c1nnc(C(C)C)s1. The van der Waals surface area contributed by atoms with Crippen LogP contribution in [0.5, 0.6) is 0 Å². The molecule has 11 heteroatoms. The summed E-state index contributed by atoms with van der Waals surface area (Å²) in [5, 5.41) is 25.4. The summed E-state index contributed by atoms with van der Waals surface area (Å²) in [6, 6.07) is 0. The van der Waals surface area contributed by atoms with Crippen LogP contribution < -0.4 is 0 Å². The van der Waals surface area contributed by atoms with Gasteiger partial charge in [0.1, 0.15) is 21.6 Å². The molecule has 4 heterocycles. The van der Waals surface area contributed by atoms with Crippen molar-refractivity contribution < 1.29 is 8.83 Å². The first-order valence-corrected chi connectivity index (χ1v) is 16.8. The van der Waals surface area contributed by atoms with Gasteiger partial charge in [0, 0.05) is 47.3 Å². The Morgan fingerprint density at radius 3 is 1.23 bits per heavy atom. The predicted octanol–water partition coefficient (Wildman–Crippen LogP) is 10.1. The number of oxazole rings is 1. The number of aromatic amines is 1. The number of aromatic nitrogens is 8. The highest BCUT2D eigenvalue weighted by molar-refractivity contribution is 7.11. The van der Waals surface area contributed by atoms with E-state index in [9.17, 15) is 0 Å². The lowest BCUT2D eigenvalue weighted by Crippen LogP contribution is -1.92. The maximum absolute atomic E-state index is 5.50. The van der Waals surface area contributed by atoms with E-state index in [1.54, 1.807) is 11.3 Å². The lowest BCUT2D eigenvalue weighted by molar-refractivity contribution is 0.417. The number of rotatable bonds is 8. The molecule has 0 fully saturated rings. The van der Waals surface area contributed by atoms with Crippen LogP contribution >= 0.6 is 11.3 Å². The van der Waals surface area contributed by atoms with Gasteiger partial charge < -0.3 is 8.83 Å². The largest absolute Gasteiger partial charge is 0.445 e. The summed E-state index contributed by atoms with van der Waals surface area (Å²) in [7, 11) is 0. The van der Waals surface area contributed by atoms with Crippen LogP contribution in [0.3, 0.4) is 0 Å². The van der Waals surface area contributed by atoms with Crippen molar-refractivity contribution in [3.63, 3.8) is 0 Å². The van der Waals surface area contributed by atoms with E-state index in [0.29, 0.717) is 47.3 Å². The first kappa shape index (κ1) is 39.1. The van der Waals surface area contributed by atoms with Gasteiger partial charge in [-0.15, -0.1) is 31.7 Å². The molecule has 0 amide bonds. The zero-order valence-corrected chi connectivity index (χ0v) is 30.9. The van der Waals surface area contributed by atoms with Gasteiger partial charge in [0.2, 0.25) is 11.8 Å². The monoisotopic (exact) mass is 630 g/mol. The summed E-state index contributed by atoms with van der Waals surface area (Å²) in [5.74, 6) is 8.54. The van der Waals surface area contributed by atoms with Crippen molar-refractivity contribution in [1.82, 2.24) is 40.6 Å². The Balaban J connectivity index is 0.000000293. The number of H-pyrrole nitrogens is 1. The highest BCUT2D eigenvalue weighted by Crippen LogP contribution is 2.24. The van der Waals surface area contributed by atoms with E-state index >= 15 is 0 Å². The molecule has 44 heavy (non-hydrogen) atoms. The quantitative estimate of drug-likeness (QED) is 0.202. The molecule has 4 aromatic heterocycles. The smallest absolute Gasteiger partial charge is 0.219 e. The average Bonchev–Trinajstić information content (AvgIpc) is 3.76. The minimum absolute atomic E-state index is 0.329. The topological polar surface area (TPSA) is 132 Å². The van der Waals surface area contributed by atoms with Crippen LogP contribution in [-0.4, -0.2) is 40.6 Å². The van der Waals surface area contributed by atoms with Gasteiger partial charge in [-0.1, -0.05) is 111 Å². The summed E-state index contributed by atoms with van der Waals surface area (Å²) in [5.41, 5.74) is 0. The summed E-state index contributed by atoms with van der Waals surface area (Å²) in [4.78, 5) is 8.51. The third kappa shape index (κ3) is 13.4. The molecule has 0 radical (unpaired) electrons. The molecule has 0 bridgehead atoms. The summed E-state index contributed by atoms with van der Waals surface area (Å²) in [6.45, 7) is 33.5. The number of nitrogens with zero attached hydrogens (tertiary/aromatic N) is 7. The van der Waals surface area contributed by atoms with Gasteiger partial charge in [0.25, 0.3) is 0 Å². The standard InChI is InChI=1S/C9H15NO.C8H15N3.C8H14N2O.C8H14N2S/c1-6(2)8-5-10-9(11-8)7(3)4;1-5(2)7-9-8(6(3)4)11-10-7;2*1-5(2)7-9-10-8(11-7)6(3)4/h5-7H,1-4H3;5-6H,1-4H3,(H,9,10,11);2*5-6H,1-4H3. The van der Waals surface area contributed by atoms with Crippen molar-refractivity contribution in [2.24, 2.45) is 0 Å². The molecular weight excluding hydrogens is 572 g/mol. The van der Waals surface area contributed by atoms with Crippen molar-refractivity contribution >= 4 is 11.3 Å². The fraction of sp³-hybridized carbons (Fsp3) is 0.727. The molecule has 10 nitrogen and oxygen atoms in total. The zero-order valence-electron chi connectivity index (χ0n) is 30.1. The number of nitrogens with one attached hydrogen (secondary N) is 1. The molecule has 0 saturated carbocycles. The number of hydrogen-bond acceptors (Lipinski definition) is 10. The first-order valence-electron chi connectivity index (χ1n) is 16.0. The van der Waals surface area contributed by atoms with Crippen molar-refractivity contribution in [1.29, 1.82) is 0 Å². The van der Waals surface area contributed by atoms with Gasteiger partial charge in [-0.3, -0.25) is 5.10 Å². The molecule has 0 aliphatic rings. The van der Waals surface area contributed by atoms with Crippen molar-refractivity contribution in [2.75, 3.05) is 0 Å². The highest BCUT2D eigenvalue weighted by atomic mass is 32.1. The van der Waals surface area contributed by atoms with Gasteiger partial charge in [0.05, 0.1) is 6.20 Å². The molecule has 0 aliphatic carbocycles. The van der Waals surface area contributed by atoms with Gasteiger partial charge in [-0.25, -0.2) is 9.97 Å². The number of hydrogen-bond donors (Lipinski definition) is 1. The minimum Gasteiger partial charge on any atom is -0.445 e. The predicted molar refractivity (Wildman–Crippen MR) is 180 cm³/mol. The minimum atomic E-state index is 0.329. The fourth-order valence-corrected chi connectivity index (χ4v) is 3.91. The third-order valence-corrected chi connectivity index (χ3v) is 7.60. The van der Waals surface area contributed by atoms with Crippen LogP contribution in [0.25, 0.3) is 0 Å². The molecule has 248 valence electrons. The second kappa shape index (κ2) is 18.8. The van der Waals surface area contributed by atoms with Gasteiger partial charge in [-0.05, 0) is 0 Å². The third-order valence-electron chi connectivity index (χ3n) is 6.08. The molecule has 0 spiro atoms. The van der Waals surface area contributed by atoms with Crippen LogP contribution in [0.2, 0.25) is 0 Å². The van der Waals surface area contributed by atoms with Gasteiger partial charge in [-0.2, -0.15) is 5.10 Å². The maximum Gasteiger partial charge on any atom is 0.219 e. The normalized spacial score (nSPS) is 11.5. The summed E-state index contributed by atoms with van der Waals surface area (Å²) in [6.07, 6.45) is 1.82. The van der Waals surface area contributed by atoms with Crippen molar-refractivity contribution in [3.05, 3.63) is 51.3 Å². The second-order valence-electron chi connectivity index (χ2n) is 13.4. The van der Waals surface area contributed by atoms with Crippen LogP contribution in [0.4, 0.5) is 0 Å². The Kier molecular flexibility index (Phi) is 16.7. The Morgan fingerprint density at radius 1 is 0.523 bits per heavy atom. The van der Waals surface area contributed by atoms with E-state index in [1.165, 1.54) is 0 Å². The molecule has 4 aromatic rings. The van der Waals surface area contributed by atoms with Gasteiger partial charge in [0.15, 0.2) is 11.7 Å². The Morgan fingerprint density at radius 2 is 1.00 bits per heavy atom. The molecule has 0 aromatic carbocycles. The maximum atomic E-state index is 5.50. The van der Waals surface area contributed by atoms with E-state index < -0.39 is 0 Å². The van der Waals surface area contributed by atoms with E-state index in [0.717, 1.165) is 45.1 Å². The average molecular weight is 631 g/mol. The van der Waals surface area contributed by atoms with Crippen LogP contribution in [-0.2, 0) is 0 Å². The Hall–Kier alpha value is -2.95. The van der Waals surface area contributed by atoms with Gasteiger partial charge >= 0.3 is 0 Å². The van der Waals surface area contributed by atoms with Crippen LogP contribution in [0.1, 0.15) is 203 Å². The van der Waals surface area contributed by atoms with Crippen LogP contribution in [0, 0.1) is 0 Å². The lowest BCUT2D eigenvalue weighted by atomic mass is 10.2. The van der Waals surface area contributed by atoms with Crippen LogP contribution in [0.15, 0.2) is 15.0 Å². The van der Waals surface area contributed by atoms with E-state index in [-0.39, 0.29) is 0 Å². The molecular formula is C33H58N8O2S. The van der Waals surface area contributed by atoms with E-state index in [4.69, 9.17) is 8.83 Å². The van der Waals surface area contributed by atoms with E-state index in [1.807, 2.05) is 33.9 Å². The molecule has 4 rings (SSSR count). The second-order valence-corrected chi connectivity index (χ2v) is 14.4. The summed E-state index contributed by atoms with van der Waals surface area (Å²) < 4.78 is 10.9. The Bertz CT molecular complexity index is 1020.